The van der Waals surface area contributed by atoms with Crippen LogP contribution in [0.1, 0.15) is 0 Å². The van der Waals surface area contributed by atoms with E-state index in [0.717, 1.165) is 22.3 Å². The molecule has 0 bridgehead atoms. The number of aromatic nitrogens is 1. The van der Waals surface area contributed by atoms with Gasteiger partial charge in [0, 0.05) is 41.7 Å². The Morgan fingerprint density at radius 2 is 1.00 bits per heavy atom. The van der Waals surface area contributed by atoms with E-state index >= 15 is 0 Å². The molecule has 246 valence electrons. The Labute approximate surface area is 306 Å². The summed E-state index contributed by atoms with van der Waals surface area (Å²) in [4.78, 5) is 13.4. The second-order valence-corrected chi connectivity index (χ2v) is 15.1. The van der Waals surface area contributed by atoms with Gasteiger partial charge < -0.3 is 8.82 Å². The zero-order valence-corrected chi connectivity index (χ0v) is 29.1. The molecule has 53 heavy (non-hydrogen) atoms. The minimum absolute atomic E-state index is 0.00531. The van der Waals surface area contributed by atoms with Crippen molar-refractivity contribution >= 4 is 91.5 Å². The van der Waals surface area contributed by atoms with Crippen LogP contribution in [0.5, 0.6) is 0 Å². The highest BCUT2D eigenvalue weighted by Crippen LogP contribution is 2.45. The van der Waals surface area contributed by atoms with Gasteiger partial charge in [0.25, 0.3) is 0 Å². The van der Waals surface area contributed by atoms with Crippen molar-refractivity contribution in [1.82, 2.24) is 4.40 Å². The summed E-state index contributed by atoms with van der Waals surface area (Å²) in [5.41, 5.74) is 11.8. The summed E-state index contributed by atoms with van der Waals surface area (Å²) < 4.78 is 11.1. The lowest BCUT2D eigenvalue weighted by Gasteiger charge is -2.09. The van der Waals surface area contributed by atoms with E-state index in [1.54, 1.807) is 0 Å². The summed E-state index contributed by atoms with van der Waals surface area (Å²) in [5, 5.41) is 8.91. The summed E-state index contributed by atoms with van der Waals surface area (Å²) in [6.45, 7) is 0. The molecule has 12 rings (SSSR count). The van der Waals surface area contributed by atoms with Crippen LogP contribution in [0.4, 0.5) is 0 Å². The summed E-state index contributed by atoms with van der Waals surface area (Å²) in [5.74, 6) is 0. The number of benzene rings is 8. The number of thiophene rings is 1. The first-order valence-corrected chi connectivity index (χ1v) is 18.7. The van der Waals surface area contributed by atoms with Gasteiger partial charge in [-0.15, -0.1) is 11.3 Å². The molecule has 0 radical (unpaired) electrons. The van der Waals surface area contributed by atoms with E-state index in [1.807, 2.05) is 53.8 Å². The van der Waals surface area contributed by atoms with E-state index < -0.39 is 0 Å². The highest BCUT2D eigenvalue weighted by Gasteiger charge is 2.20. The minimum atomic E-state index is -0.00531. The summed E-state index contributed by atoms with van der Waals surface area (Å²) in [7, 11) is 0. The molecule has 0 amide bonds. The van der Waals surface area contributed by atoms with Crippen molar-refractivity contribution < 1.29 is 4.42 Å². The van der Waals surface area contributed by atoms with Crippen molar-refractivity contribution in [2.75, 3.05) is 0 Å². The Balaban J connectivity index is 0.999. The van der Waals surface area contributed by atoms with Crippen molar-refractivity contribution in [3.8, 4) is 33.4 Å². The zero-order valence-electron chi connectivity index (χ0n) is 28.3. The van der Waals surface area contributed by atoms with Crippen LogP contribution in [0.25, 0.3) is 114 Å². The number of hydrogen-bond donors (Lipinski definition) is 0. The Hall–Kier alpha value is -6.75. The third kappa shape index (κ3) is 4.07. The van der Waals surface area contributed by atoms with Gasteiger partial charge in [-0.25, -0.2) is 0 Å². The molecule has 12 aromatic rings. The third-order valence-electron chi connectivity index (χ3n) is 11.1. The molecule has 8 aromatic carbocycles. The van der Waals surface area contributed by atoms with Crippen LogP contribution >= 0.6 is 11.3 Å². The molecule has 0 atom stereocenters. The lowest BCUT2D eigenvalue weighted by Crippen LogP contribution is -2.01. The van der Waals surface area contributed by atoms with E-state index in [-0.39, 0.29) is 5.43 Å². The molecule has 0 saturated heterocycles. The third-order valence-corrected chi connectivity index (χ3v) is 12.3. The molecule has 0 unspecified atom stereocenters. The molecule has 0 aliphatic carbocycles. The predicted molar refractivity (Wildman–Crippen MR) is 224 cm³/mol. The lowest BCUT2D eigenvalue weighted by molar-refractivity contribution is 0.660. The van der Waals surface area contributed by atoms with Crippen molar-refractivity contribution in [1.29, 1.82) is 0 Å². The number of hydrogen-bond acceptors (Lipinski definition) is 3. The summed E-state index contributed by atoms with van der Waals surface area (Å²) >= 11 is 1.84. The number of para-hydroxylation sites is 3. The Bertz CT molecular complexity index is 3550. The number of fused-ring (bicyclic) bond motifs is 11. The van der Waals surface area contributed by atoms with Gasteiger partial charge in [-0.2, -0.15) is 0 Å². The maximum Gasteiger partial charge on any atom is 0.200 e. The highest BCUT2D eigenvalue weighted by molar-refractivity contribution is 7.25. The van der Waals surface area contributed by atoms with Gasteiger partial charge in [0.15, 0.2) is 0 Å². The Morgan fingerprint density at radius 3 is 1.79 bits per heavy atom. The Kier molecular flexibility index (Phi) is 5.80. The number of nitrogens with zero attached hydrogens (tertiary/aromatic N) is 1. The second-order valence-electron chi connectivity index (χ2n) is 14.0. The molecule has 4 heterocycles. The molecule has 4 aromatic heterocycles. The molecular formula is C49H27NO2S. The van der Waals surface area contributed by atoms with Gasteiger partial charge in [-0.05, 0) is 100 Å². The molecule has 0 aliphatic heterocycles. The maximum absolute atomic E-state index is 13.4. The Morgan fingerprint density at radius 1 is 0.415 bits per heavy atom. The van der Waals surface area contributed by atoms with Crippen LogP contribution in [-0.2, 0) is 0 Å². The number of rotatable bonds is 3. The minimum Gasteiger partial charge on any atom is -0.456 e. The van der Waals surface area contributed by atoms with Gasteiger partial charge in [0.1, 0.15) is 11.2 Å². The van der Waals surface area contributed by atoms with Gasteiger partial charge in [0.05, 0.1) is 27.3 Å². The first kappa shape index (κ1) is 28.9. The molecule has 0 saturated carbocycles. The van der Waals surface area contributed by atoms with Crippen molar-refractivity contribution in [3.05, 3.63) is 174 Å². The normalized spacial score (nSPS) is 12.2. The van der Waals surface area contributed by atoms with Gasteiger partial charge >= 0.3 is 0 Å². The largest absolute Gasteiger partial charge is 0.456 e. The molecule has 0 fully saturated rings. The van der Waals surface area contributed by atoms with Gasteiger partial charge in [-0.3, -0.25) is 4.79 Å². The van der Waals surface area contributed by atoms with Crippen molar-refractivity contribution in [3.63, 3.8) is 0 Å². The smallest absolute Gasteiger partial charge is 0.200 e. The average molecular weight is 694 g/mol. The standard InChI is InChI=1S/C49H27NO2S/c51-49-37-12-3-6-15-43(37)52-44-21-16-30(26-40(44)49)28-8-7-9-29(24-28)31-17-22-45-38(25-31)39-27-32(18-23-46(39)53-45)33-19-20-35-34-10-1-4-13-41(34)50-42-14-5-2-11-36(42)47(33)48(35)50/h1-27H. The molecule has 0 N–H and O–H groups in total. The molecular weight excluding hydrogens is 667 g/mol. The summed E-state index contributed by atoms with van der Waals surface area (Å²) in [6, 6.07) is 57.9. The maximum atomic E-state index is 13.4. The molecule has 4 heteroatoms. The monoisotopic (exact) mass is 693 g/mol. The summed E-state index contributed by atoms with van der Waals surface area (Å²) in [6.07, 6.45) is 0. The van der Waals surface area contributed by atoms with Gasteiger partial charge in [0.2, 0.25) is 5.43 Å². The highest BCUT2D eigenvalue weighted by atomic mass is 32.1. The molecule has 0 aliphatic rings. The SMILES string of the molecule is O=c1c2ccccc2oc2ccc(-c3cccc(-c4ccc5sc6ccc(-c7ccc8c9ccccc9n9c%10ccccc%10c7c89)cc6c5c4)c3)cc12. The average Bonchev–Trinajstić information content (AvgIpc) is 3.87. The van der Waals surface area contributed by atoms with Gasteiger partial charge in [-0.1, -0.05) is 97.1 Å². The topological polar surface area (TPSA) is 34.6 Å². The van der Waals surface area contributed by atoms with Crippen LogP contribution < -0.4 is 5.43 Å². The first-order chi connectivity index (χ1) is 26.2. The molecule has 3 nitrogen and oxygen atoms in total. The van der Waals surface area contributed by atoms with Crippen LogP contribution in [0.2, 0.25) is 0 Å². The lowest BCUT2D eigenvalue weighted by atomic mass is 9.95. The van der Waals surface area contributed by atoms with E-state index in [1.165, 1.54) is 69.4 Å². The van der Waals surface area contributed by atoms with Crippen LogP contribution in [-0.4, -0.2) is 4.40 Å². The van der Waals surface area contributed by atoms with Crippen molar-refractivity contribution in [2.45, 2.75) is 0 Å². The van der Waals surface area contributed by atoms with Crippen LogP contribution in [0.15, 0.2) is 173 Å². The fourth-order valence-electron chi connectivity index (χ4n) is 8.69. The zero-order chi connectivity index (χ0) is 34.8. The first-order valence-electron chi connectivity index (χ1n) is 17.9. The molecule has 0 spiro atoms. The van der Waals surface area contributed by atoms with E-state index in [2.05, 4.69) is 126 Å². The van der Waals surface area contributed by atoms with Crippen LogP contribution in [0.3, 0.4) is 0 Å². The fraction of sp³-hybridized carbons (Fsp3) is 0. The predicted octanol–water partition coefficient (Wildman–Crippen LogP) is 13.5. The van der Waals surface area contributed by atoms with E-state index in [4.69, 9.17) is 4.42 Å². The quantitative estimate of drug-likeness (QED) is 0.173. The van der Waals surface area contributed by atoms with Crippen LogP contribution in [0, 0.1) is 0 Å². The fourth-order valence-corrected chi connectivity index (χ4v) is 9.75. The van der Waals surface area contributed by atoms with E-state index in [0.29, 0.717) is 21.9 Å². The van der Waals surface area contributed by atoms with Crippen molar-refractivity contribution in [2.24, 2.45) is 0 Å². The second kappa shape index (κ2) is 10.6. The van der Waals surface area contributed by atoms with E-state index in [9.17, 15) is 4.79 Å².